The Morgan fingerprint density at radius 1 is 0.903 bits per heavy atom. The zero-order valence-electron chi connectivity index (χ0n) is 37.2. The second-order valence-electron chi connectivity index (χ2n) is 19.8. The van der Waals surface area contributed by atoms with E-state index >= 15 is 0 Å². The Bertz CT molecular complexity index is 1750. The molecule has 62 heavy (non-hydrogen) atoms. The highest BCUT2D eigenvalue weighted by Gasteiger charge is 2.63. The number of carbonyl (C=O) groups is 2. The SMILES string of the molecule is COc1ccc(C(=O)O[C@H]2[C@H](O[C@@H]3[C@@H](OC(C)=O)[C@H](O[C@H]4C[C@H]5[C@@H]6CC=C7C[C@@H](O)CC[C@]7(C)[C@H]6CC[C@]5(C)[C@H]4[C@H](C)CCC[C@@H](C)CN=N)OC[C@@H]3O)OC[C@@H](O)[C@@H]2O)cc1. The molecule has 0 bridgehead atoms. The highest BCUT2D eigenvalue weighted by atomic mass is 16.7. The number of nitrogens with one attached hydrogen (secondary N) is 1. The van der Waals surface area contributed by atoms with Crippen LogP contribution in [0.2, 0.25) is 0 Å². The van der Waals surface area contributed by atoms with Gasteiger partial charge in [0.2, 0.25) is 0 Å². The lowest BCUT2D eigenvalue weighted by Crippen LogP contribution is -2.62. The van der Waals surface area contributed by atoms with Crippen molar-refractivity contribution in [2.24, 2.45) is 51.5 Å². The summed E-state index contributed by atoms with van der Waals surface area (Å²) < 4.78 is 42.3. The normalized spacial score (nSPS) is 41.4. The van der Waals surface area contributed by atoms with Crippen LogP contribution in [0.4, 0.5) is 0 Å². The summed E-state index contributed by atoms with van der Waals surface area (Å²) in [6.07, 6.45) is 0.206. The number of methoxy groups -OCH3 is 1. The molecule has 0 unspecified atom stereocenters. The van der Waals surface area contributed by atoms with Crippen molar-refractivity contribution in [1.82, 2.24) is 0 Å². The second kappa shape index (κ2) is 19.6. The fourth-order valence-corrected chi connectivity index (χ4v) is 12.7. The molecule has 2 aliphatic heterocycles. The first-order chi connectivity index (χ1) is 29.6. The van der Waals surface area contributed by atoms with Gasteiger partial charge in [0.05, 0.1) is 44.6 Å². The molecule has 346 valence electrons. The molecule has 1 aromatic carbocycles. The summed E-state index contributed by atoms with van der Waals surface area (Å²) in [4.78, 5) is 26.1. The molecule has 2 heterocycles. The van der Waals surface area contributed by atoms with E-state index in [4.69, 9.17) is 38.7 Å². The molecule has 7 rings (SSSR count). The van der Waals surface area contributed by atoms with Crippen LogP contribution in [0.25, 0.3) is 0 Å². The second-order valence-corrected chi connectivity index (χ2v) is 19.8. The fraction of sp³-hybridized carbons (Fsp3) is 0.787. The van der Waals surface area contributed by atoms with E-state index in [0.29, 0.717) is 36.0 Å². The Balaban J connectivity index is 1.14. The Hall–Kier alpha value is -3.02. The van der Waals surface area contributed by atoms with Gasteiger partial charge in [-0.25, -0.2) is 10.3 Å². The quantitative estimate of drug-likeness (QED) is 0.0809. The van der Waals surface area contributed by atoms with Crippen molar-refractivity contribution >= 4 is 11.9 Å². The number of aliphatic hydroxyl groups is 4. The molecular formula is C47H70N2O13. The molecule has 5 fully saturated rings. The van der Waals surface area contributed by atoms with E-state index in [0.717, 1.165) is 64.2 Å². The van der Waals surface area contributed by atoms with Gasteiger partial charge in [-0.2, -0.15) is 5.11 Å². The first-order valence-electron chi connectivity index (χ1n) is 22.9. The molecular weight excluding hydrogens is 801 g/mol. The Morgan fingerprint density at radius 3 is 2.31 bits per heavy atom. The van der Waals surface area contributed by atoms with Gasteiger partial charge in [0.1, 0.15) is 30.2 Å². The fourth-order valence-electron chi connectivity index (χ4n) is 12.7. The number of fused-ring (bicyclic) bond motifs is 5. The lowest BCUT2D eigenvalue weighted by molar-refractivity contribution is -0.340. The van der Waals surface area contributed by atoms with Crippen LogP contribution >= 0.6 is 0 Å². The van der Waals surface area contributed by atoms with Crippen LogP contribution in [-0.2, 0) is 33.2 Å². The minimum Gasteiger partial charge on any atom is -0.497 e. The van der Waals surface area contributed by atoms with E-state index in [2.05, 4.69) is 38.9 Å². The van der Waals surface area contributed by atoms with E-state index in [9.17, 15) is 30.0 Å². The minimum absolute atomic E-state index is 0.0574. The molecule has 4 aliphatic carbocycles. The van der Waals surface area contributed by atoms with E-state index in [-0.39, 0.29) is 53.7 Å². The molecule has 18 atom stereocenters. The molecule has 15 nitrogen and oxygen atoms in total. The summed E-state index contributed by atoms with van der Waals surface area (Å²) in [7, 11) is 1.50. The third kappa shape index (κ3) is 9.52. The number of ether oxygens (including phenoxy) is 7. The first kappa shape index (κ1) is 47.0. The highest BCUT2D eigenvalue weighted by molar-refractivity contribution is 5.89. The minimum atomic E-state index is -1.60. The summed E-state index contributed by atoms with van der Waals surface area (Å²) in [6, 6.07) is 6.17. The van der Waals surface area contributed by atoms with Crippen LogP contribution in [0, 0.1) is 51.9 Å². The van der Waals surface area contributed by atoms with Crippen LogP contribution in [-0.4, -0.2) is 121 Å². The number of rotatable bonds is 15. The predicted molar refractivity (Wildman–Crippen MR) is 224 cm³/mol. The van der Waals surface area contributed by atoms with Gasteiger partial charge in [-0.1, -0.05) is 52.2 Å². The van der Waals surface area contributed by atoms with Crippen molar-refractivity contribution in [1.29, 1.82) is 5.53 Å². The Labute approximate surface area is 365 Å². The average molecular weight is 871 g/mol. The van der Waals surface area contributed by atoms with E-state index in [1.807, 2.05) is 0 Å². The molecule has 15 heteroatoms. The van der Waals surface area contributed by atoms with E-state index in [1.165, 1.54) is 31.7 Å². The maximum Gasteiger partial charge on any atom is 0.338 e. The standard InChI is InChI=1S/C47H70N2O13/c1-25(22-49-48)8-7-9-26(2)38-37(21-34-32-15-12-29-20-30(51)16-18-46(29,4)33(32)17-19-47(34,38)5)60-45-42(59-27(3)50)40(36(53)24-58-45)62-44-41(39(54)35(52)23-57-44)61-43(55)28-10-13-31(56-6)14-11-28/h10-14,25-26,30,32-42,44-45,48,51-54H,7-9,15-24H2,1-6H3/t25-,26-,30+,32-,33+,34+,35-,36+,37+,38+,39+,40+,41-,42-,44+,45+,46+,47+/m1/s1. The monoisotopic (exact) mass is 870 g/mol. The largest absolute Gasteiger partial charge is 0.497 e. The van der Waals surface area contributed by atoms with Crippen LogP contribution in [0.15, 0.2) is 41.0 Å². The van der Waals surface area contributed by atoms with Gasteiger partial charge in [-0.15, -0.1) is 0 Å². The predicted octanol–water partition coefficient (Wildman–Crippen LogP) is 5.74. The molecule has 1 aromatic rings. The van der Waals surface area contributed by atoms with Gasteiger partial charge in [-0.05, 0) is 122 Å². The number of allylic oxidation sites excluding steroid dienone is 1. The average Bonchev–Trinajstić information content (AvgIpc) is 3.54. The number of benzene rings is 1. The van der Waals surface area contributed by atoms with Crippen LogP contribution in [0.1, 0.15) is 109 Å². The van der Waals surface area contributed by atoms with Crippen molar-refractivity contribution in [3.05, 3.63) is 41.5 Å². The van der Waals surface area contributed by atoms with Crippen LogP contribution < -0.4 is 4.74 Å². The third-order valence-electron chi connectivity index (χ3n) is 15.8. The highest BCUT2D eigenvalue weighted by Crippen LogP contribution is 2.68. The summed E-state index contributed by atoms with van der Waals surface area (Å²) >= 11 is 0. The summed E-state index contributed by atoms with van der Waals surface area (Å²) in [5.41, 5.74) is 8.92. The van der Waals surface area contributed by atoms with Crippen molar-refractivity contribution < 1.29 is 63.2 Å². The van der Waals surface area contributed by atoms with Gasteiger partial charge in [0, 0.05) is 6.92 Å². The molecule has 6 aliphatic rings. The number of hydrogen-bond donors (Lipinski definition) is 5. The van der Waals surface area contributed by atoms with Crippen LogP contribution in [0.5, 0.6) is 5.75 Å². The van der Waals surface area contributed by atoms with Gasteiger partial charge < -0.3 is 53.6 Å². The maximum atomic E-state index is 13.3. The van der Waals surface area contributed by atoms with Gasteiger partial charge in [0.25, 0.3) is 0 Å². The topological polar surface area (TPSA) is 216 Å². The molecule has 0 aromatic heterocycles. The van der Waals surface area contributed by atoms with Gasteiger partial charge in [0.15, 0.2) is 24.8 Å². The van der Waals surface area contributed by atoms with E-state index in [1.54, 1.807) is 12.1 Å². The molecule has 0 spiro atoms. The van der Waals surface area contributed by atoms with Crippen molar-refractivity contribution in [2.45, 2.75) is 160 Å². The molecule has 0 amide bonds. The van der Waals surface area contributed by atoms with Crippen molar-refractivity contribution in [3.8, 4) is 5.75 Å². The van der Waals surface area contributed by atoms with Gasteiger partial charge in [-0.3, -0.25) is 4.79 Å². The number of nitrogens with zero attached hydrogens (tertiary/aromatic N) is 1. The molecule has 5 N–H and O–H groups in total. The number of hydrogen-bond acceptors (Lipinski definition) is 15. The number of carbonyl (C=O) groups excluding carboxylic acids is 2. The van der Waals surface area contributed by atoms with E-state index < -0.39 is 61.1 Å². The maximum absolute atomic E-state index is 13.3. The van der Waals surface area contributed by atoms with Crippen LogP contribution in [0.3, 0.4) is 0 Å². The summed E-state index contributed by atoms with van der Waals surface area (Å²) in [5, 5.41) is 47.3. The lowest BCUT2D eigenvalue weighted by Gasteiger charge is -2.58. The van der Waals surface area contributed by atoms with Gasteiger partial charge >= 0.3 is 11.9 Å². The molecule has 2 saturated heterocycles. The van der Waals surface area contributed by atoms with Crippen molar-refractivity contribution in [3.63, 3.8) is 0 Å². The Morgan fingerprint density at radius 2 is 1.61 bits per heavy atom. The van der Waals surface area contributed by atoms with Crippen molar-refractivity contribution in [2.75, 3.05) is 26.9 Å². The zero-order chi connectivity index (χ0) is 44.5. The smallest absolute Gasteiger partial charge is 0.338 e. The lowest BCUT2D eigenvalue weighted by atomic mass is 9.47. The number of esters is 2. The molecule has 0 radical (unpaired) electrons. The summed E-state index contributed by atoms with van der Waals surface area (Å²) in [5.74, 6) is 1.06. The first-order valence-corrected chi connectivity index (χ1v) is 22.9. The third-order valence-corrected chi connectivity index (χ3v) is 15.8. The number of aliphatic hydroxyl groups excluding tert-OH is 4. The summed E-state index contributed by atoms with van der Waals surface area (Å²) in [6.45, 7) is 10.5. The molecule has 3 saturated carbocycles. The Kier molecular flexibility index (Phi) is 14.9. The zero-order valence-corrected chi connectivity index (χ0v) is 37.2.